The van der Waals surface area contributed by atoms with E-state index >= 15 is 0 Å². The van der Waals surface area contributed by atoms with Crippen LogP contribution >= 0.6 is 11.6 Å². The van der Waals surface area contributed by atoms with Crippen molar-refractivity contribution in [1.82, 2.24) is 4.98 Å². The highest BCUT2D eigenvalue weighted by Crippen LogP contribution is 2.29. The summed E-state index contributed by atoms with van der Waals surface area (Å²) in [5, 5.41) is 1.90. The van der Waals surface area contributed by atoms with E-state index < -0.39 is 0 Å². The van der Waals surface area contributed by atoms with E-state index in [1.54, 1.807) is 12.1 Å². The van der Waals surface area contributed by atoms with Gasteiger partial charge in [0.05, 0.1) is 11.6 Å². The average molecular weight is 288 g/mol. The molecule has 20 heavy (non-hydrogen) atoms. The number of pyridine rings is 1. The zero-order valence-corrected chi connectivity index (χ0v) is 11.3. The van der Waals surface area contributed by atoms with Crippen LogP contribution in [0.1, 0.15) is 5.69 Å². The van der Waals surface area contributed by atoms with Gasteiger partial charge in [-0.2, -0.15) is 0 Å². The molecule has 4 heteroatoms. The molecule has 0 fully saturated rings. The molecule has 100 valence electrons. The van der Waals surface area contributed by atoms with Crippen LogP contribution in [0.3, 0.4) is 0 Å². The first-order valence-electron chi connectivity index (χ1n) is 6.14. The Hall–Kier alpha value is -2.13. The number of benzene rings is 2. The molecule has 0 aliphatic carbocycles. The lowest BCUT2D eigenvalue weighted by Crippen LogP contribution is -1.93. The predicted molar refractivity (Wildman–Crippen MR) is 77.8 cm³/mol. The van der Waals surface area contributed by atoms with Crippen molar-refractivity contribution in [2.45, 2.75) is 5.88 Å². The van der Waals surface area contributed by atoms with Crippen molar-refractivity contribution in [3.05, 3.63) is 66.1 Å². The van der Waals surface area contributed by atoms with Crippen LogP contribution in [0.15, 0.2) is 54.6 Å². The van der Waals surface area contributed by atoms with Gasteiger partial charge in [0.15, 0.2) is 0 Å². The summed E-state index contributed by atoms with van der Waals surface area (Å²) >= 11 is 5.86. The minimum absolute atomic E-state index is 0.301. The number of ether oxygens (including phenoxy) is 1. The van der Waals surface area contributed by atoms with Gasteiger partial charge < -0.3 is 4.74 Å². The number of nitrogens with zero attached hydrogens (tertiary/aromatic N) is 1. The predicted octanol–water partition coefficient (Wildman–Crippen LogP) is 4.91. The van der Waals surface area contributed by atoms with Crippen molar-refractivity contribution >= 4 is 22.4 Å². The van der Waals surface area contributed by atoms with Gasteiger partial charge in [-0.1, -0.05) is 18.2 Å². The van der Waals surface area contributed by atoms with Gasteiger partial charge in [0.2, 0.25) is 5.88 Å². The molecule has 0 aliphatic heterocycles. The minimum Gasteiger partial charge on any atom is -0.438 e. The largest absolute Gasteiger partial charge is 0.438 e. The lowest BCUT2D eigenvalue weighted by atomic mass is 10.1. The normalized spacial score (nSPS) is 10.7. The lowest BCUT2D eigenvalue weighted by Gasteiger charge is -2.09. The highest BCUT2D eigenvalue weighted by molar-refractivity contribution is 6.17. The Balaban J connectivity index is 2.07. The Morgan fingerprint density at radius 3 is 2.55 bits per heavy atom. The second-order valence-electron chi connectivity index (χ2n) is 4.33. The molecule has 3 rings (SSSR count). The third-order valence-corrected chi connectivity index (χ3v) is 3.20. The lowest BCUT2D eigenvalue weighted by molar-refractivity contribution is 0.466. The van der Waals surface area contributed by atoms with Gasteiger partial charge in [0.1, 0.15) is 11.6 Å². The molecule has 3 aromatic rings. The maximum absolute atomic E-state index is 12.9. The summed E-state index contributed by atoms with van der Waals surface area (Å²) in [6.45, 7) is 0. The van der Waals surface area contributed by atoms with E-state index in [1.807, 2.05) is 30.3 Å². The molecule has 0 saturated carbocycles. The second kappa shape index (κ2) is 5.47. The Morgan fingerprint density at radius 1 is 1.05 bits per heavy atom. The number of hydrogen-bond acceptors (Lipinski definition) is 2. The van der Waals surface area contributed by atoms with Crippen LogP contribution < -0.4 is 4.74 Å². The van der Waals surface area contributed by atoms with Crippen molar-refractivity contribution in [2.24, 2.45) is 0 Å². The molecule has 2 aromatic carbocycles. The molecular weight excluding hydrogens is 277 g/mol. The zero-order chi connectivity index (χ0) is 13.9. The van der Waals surface area contributed by atoms with Crippen LogP contribution in [0.25, 0.3) is 10.8 Å². The van der Waals surface area contributed by atoms with Crippen molar-refractivity contribution in [2.75, 3.05) is 0 Å². The van der Waals surface area contributed by atoms with Gasteiger partial charge in [-0.3, -0.25) is 0 Å². The summed E-state index contributed by atoms with van der Waals surface area (Å²) in [6.07, 6.45) is 0. The third-order valence-electron chi connectivity index (χ3n) is 2.92. The van der Waals surface area contributed by atoms with E-state index in [2.05, 4.69) is 4.98 Å². The molecule has 0 spiro atoms. The first-order chi connectivity index (χ1) is 9.76. The Labute approximate surface area is 120 Å². The zero-order valence-electron chi connectivity index (χ0n) is 10.5. The van der Waals surface area contributed by atoms with Gasteiger partial charge in [0.25, 0.3) is 0 Å². The first kappa shape index (κ1) is 12.9. The fourth-order valence-corrected chi connectivity index (χ4v) is 2.12. The van der Waals surface area contributed by atoms with Crippen LogP contribution in [-0.4, -0.2) is 4.98 Å². The summed E-state index contributed by atoms with van der Waals surface area (Å²) in [5.74, 6) is 1.02. The topological polar surface area (TPSA) is 22.1 Å². The van der Waals surface area contributed by atoms with Gasteiger partial charge in [-0.15, -0.1) is 11.6 Å². The quantitative estimate of drug-likeness (QED) is 0.639. The highest BCUT2D eigenvalue weighted by Gasteiger charge is 2.08. The highest BCUT2D eigenvalue weighted by atomic mass is 35.5. The summed E-state index contributed by atoms with van der Waals surface area (Å²) in [7, 11) is 0. The van der Waals surface area contributed by atoms with Crippen LogP contribution in [0.4, 0.5) is 4.39 Å². The van der Waals surface area contributed by atoms with Gasteiger partial charge in [-0.25, -0.2) is 9.37 Å². The molecule has 0 unspecified atom stereocenters. The second-order valence-corrected chi connectivity index (χ2v) is 4.60. The molecule has 0 aliphatic rings. The monoisotopic (exact) mass is 287 g/mol. The Morgan fingerprint density at radius 2 is 1.80 bits per heavy atom. The van der Waals surface area contributed by atoms with E-state index in [4.69, 9.17) is 16.3 Å². The van der Waals surface area contributed by atoms with Gasteiger partial charge in [-0.05, 0) is 41.8 Å². The van der Waals surface area contributed by atoms with E-state index in [0.29, 0.717) is 17.5 Å². The van der Waals surface area contributed by atoms with Gasteiger partial charge in [0, 0.05) is 5.39 Å². The Kier molecular flexibility index (Phi) is 3.52. The van der Waals surface area contributed by atoms with Crippen molar-refractivity contribution in [1.29, 1.82) is 0 Å². The third kappa shape index (κ3) is 2.58. The van der Waals surface area contributed by atoms with E-state index in [9.17, 15) is 4.39 Å². The molecule has 0 radical (unpaired) electrons. The number of aromatic nitrogens is 1. The number of alkyl halides is 1. The molecule has 0 N–H and O–H groups in total. The standard InChI is InChI=1S/C16H11ClFNO/c17-10-13-9-11-3-1-2-4-15(11)16(19-13)20-14-7-5-12(18)6-8-14/h1-9H,10H2. The summed E-state index contributed by atoms with van der Waals surface area (Å²) in [4.78, 5) is 4.39. The molecule has 2 nitrogen and oxygen atoms in total. The number of halogens is 2. The van der Waals surface area contributed by atoms with Gasteiger partial charge >= 0.3 is 0 Å². The molecule has 0 atom stereocenters. The number of rotatable bonds is 3. The van der Waals surface area contributed by atoms with Crippen LogP contribution in [0, 0.1) is 5.82 Å². The SMILES string of the molecule is Fc1ccc(Oc2nc(CCl)cc3ccccc23)cc1. The van der Waals surface area contributed by atoms with E-state index in [1.165, 1.54) is 12.1 Å². The van der Waals surface area contributed by atoms with E-state index in [-0.39, 0.29) is 5.82 Å². The summed E-state index contributed by atoms with van der Waals surface area (Å²) in [6, 6.07) is 15.5. The van der Waals surface area contributed by atoms with E-state index in [0.717, 1.165) is 16.5 Å². The Bertz CT molecular complexity index is 743. The molecule has 1 heterocycles. The molecule has 0 amide bonds. The minimum atomic E-state index is -0.301. The molecule has 1 aromatic heterocycles. The average Bonchev–Trinajstić information content (AvgIpc) is 2.49. The molecule has 0 saturated heterocycles. The molecular formula is C16H11ClFNO. The van der Waals surface area contributed by atoms with Crippen molar-refractivity contribution in [3.63, 3.8) is 0 Å². The number of fused-ring (bicyclic) bond motifs is 1. The van der Waals surface area contributed by atoms with Crippen LogP contribution in [0.5, 0.6) is 11.6 Å². The summed E-state index contributed by atoms with van der Waals surface area (Å²) < 4.78 is 18.7. The summed E-state index contributed by atoms with van der Waals surface area (Å²) in [5.41, 5.74) is 0.738. The maximum Gasteiger partial charge on any atom is 0.227 e. The maximum atomic E-state index is 12.9. The fourth-order valence-electron chi connectivity index (χ4n) is 1.98. The molecule has 0 bridgehead atoms. The van der Waals surface area contributed by atoms with Crippen LogP contribution in [0.2, 0.25) is 0 Å². The number of hydrogen-bond donors (Lipinski definition) is 0. The first-order valence-corrected chi connectivity index (χ1v) is 6.68. The smallest absolute Gasteiger partial charge is 0.227 e. The van der Waals surface area contributed by atoms with Crippen molar-refractivity contribution in [3.8, 4) is 11.6 Å². The fraction of sp³-hybridized carbons (Fsp3) is 0.0625. The van der Waals surface area contributed by atoms with Crippen LogP contribution in [-0.2, 0) is 5.88 Å². The van der Waals surface area contributed by atoms with Crippen molar-refractivity contribution < 1.29 is 9.13 Å².